The first-order valence-corrected chi connectivity index (χ1v) is 10.6. The number of hydrogen-bond donors (Lipinski definition) is 0. The molecule has 0 bridgehead atoms. The summed E-state index contributed by atoms with van der Waals surface area (Å²) < 4.78 is 18.8. The van der Waals surface area contributed by atoms with Gasteiger partial charge in [0, 0.05) is 38.2 Å². The van der Waals surface area contributed by atoms with E-state index in [1.54, 1.807) is 30.4 Å². The topological polar surface area (TPSA) is 62.5 Å². The third kappa shape index (κ3) is 4.71. The van der Waals surface area contributed by atoms with Crippen LogP contribution >= 0.6 is 11.3 Å². The number of nitrogens with zero attached hydrogens (tertiary/aromatic N) is 4. The molecule has 0 atom stereocenters. The third-order valence-corrected chi connectivity index (χ3v) is 6.00. The lowest BCUT2D eigenvalue weighted by Gasteiger charge is -2.34. The number of carbonyl (C=O) groups excluding carboxylic acids is 1. The van der Waals surface area contributed by atoms with Gasteiger partial charge in [-0.3, -0.25) is 9.69 Å². The van der Waals surface area contributed by atoms with Crippen LogP contribution in [0.25, 0.3) is 10.7 Å². The van der Waals surface area contributed by atoms with Gasteiger partial charge in [-0.25, -0.2) is 4.39 Å². The molecule has 6 nitrogen and oxygen atoms in total. The van der Waals surface area contributed by atoms with Gasteiger partial charge in [0.1, 0.15) is 5.82 Å². The molecular weight excluding hydrogens is 391 g/mol. The number of aromatic nitrogens is 2. The predicted octanol–water partition coefficient (Wildman–Crippen LogP) is 3.64. The number of carbonyl (C=O) groups is 1. The average molecular weight is 415 g/mol. The van der Waals surface area contributed by atoms with Crippen molar-refractivity contribution in [2.75, 3.05) is 32.7 Å². The number of piperazine rings is 1. The van der Waals surface area contributed by atoms with E-state index >= 15 is 0 Å². The molecule has 3 aromatic rings. The summed E-state index contributed by atoms with van der Waals surface area (Å²) in [6, 6.07) is 8.50. The van der Waals surface area contributed by atoms with E-state index in [1.165, 1.54) is 6.07 Å². The van der Waals surface area contributed by atoms with Crippen molar-refractivity contribution in [2.24, 2.45) is 0 Å². The Bertz CT molecular complexity index is 965. The molecule has 4 rings (SSSR count). The van der Waals surface area contributed by atoms with E-state index in [4.69, 9.17) is 4.52 Å². The van der Waals surface area contributed by atoms with Gasteiger partial charge in [0.2, 0.25) is 11.7 Å². The quantitative estimate of drug-likeness (QED) is 0.616. The fraction of sp³-hybridized carbons (Fsp3) is 0.381. The Morgan fingerprint density at radius 2 is 2.07 bits per heavy atom. The molecule has 2 aromatic heterocycles. The number of rotatable bonds is 6. The molecule has 0 spiro atoms. The fourth-order valence-corrected chi connectivity index (χ4v) is 4.10. The Balaban J connectivity index is 1.22. The van der Waals surface area contributed by atoms with E-state index in [-0.39, 0.29) is 11.7 Å². The van der Waals surface area contributed by atoms with Crippen molar-refractivity contribution in [3.05, 3.63) is 58.5 Å². The minimum Gasteiger partial charge on any atom is -0.339 e. The van der Waals surface area contributed by atoms with Crippen molar-refractivity contribution < 1.29 is 13.7 Å². The monoisotopic (exact) mass is 414 g/mol. The molecule has 1 aromatic carbocycles. The molecule has 1 fully saturated rings. The number of benzene rings is 1. The van der Waals surface area contributed by atoms with Gasteiger partial charge < -0.3 is 9.42 Å². The first-order valence-electron chi connectivity index (χ1n) is 9.74. The maximum atomic E-state index is 13.4. The van der Waals surface area contributed by atoms with Crippen LogP contribution in [0.1, 0.15) is 28.2 Å². The smallest absolute Gasteiger partial charge is 0.253 e. The molecule has 1 aliphatic heterocycles. The summed E-state index contributed by atoms with van der Waals surface area (Å²) in [5.41, 5.74) is 1.05. The van der Waals surface area contributed by atoms with Crippen LogP contribution in [0.15, 0.2) is 40.2 Å². The van der Waals surface area contributed by atoms with Crippen LogP contribution in [-0.4, -0.2) is 58.6 Å². The molecule has 1 aliphatic rings. The summed E-state index contributed by atoms with van der Waals surface area (Å²) in [7, 11) is 0. The maximum Gasteiger partial charge on any atom is 0.253 e. The summed E-state index contributed by atoms with van der Waals surface area (Å²) in [4.78, 5) is 22.3. The Labute approximate surface area is 172 Å². The van der Waals surface area contributed by atoms with E-state index in [1.807, 2.05) is 22.4 Å². The predicted molar refractivity (Wildman–Crippen MR) is 109 cm³/mol. The highest BCUT2D eigenvalue weighted by atomic mass is 32.1. The molecule has 1 amide bonds. The van der Waals surface area contributed by atoms with Crippen LogP contribution in [0.3, 0.4) is 0 Å². The van der Waals surface area contributed by atoms with E-state index in [0.29, 0.717) is 35.9 Å². The normalized spacial score (nSPS) is 15.0. The lowest BCUT2D eigenvalue weighted by Crippen LogP contribution is -2.48. The highest BCUT2D eigenvalue weighted by Gasteiger charge is 2.22. The molecule has 0 saturated carbocycles. The number of thiophene rings is 1. The number of halogens is 1. The van der Waals surface area contributed by atoms with Crippen LogP contribution in [0.2, 0.25) is 0 Å². The van der Waals surface area contributed by atoms with Crippen molar-refractivity contribution in [2.45, 2.75) is 19.8 Å². The lowest BCUT2D eigenvalue weighted by atomic mass is 10.1. The van der Waals surface area contributed by atoms with Gasteiger partial charge in [0.15, 0.2) is 0 Å². The molecule has 152 valence electrons. The van der Waals surface area contributed by atoms with Crippen molar-refractivity contribution in [3.63, 3.8) is 0 Å². The highest BCUT2D eigenvalue weighted by molar-refractivity contribution is 7.13. The largest absolute Gasteiger partial charge is 0.339 e. The van der Waals surface area contributed by atoms with Gasteiger partial charge in [-0.2, -0.15) is 4.98 Å². The zero-order chi connectivity index (χ0) is 20.2. The van der Waals surface area contributed by atoms with Gasteiger partial charge in [-0.05, 0) is 55.1 Å². The summed E-state index contributed by atoms with van der Waals surface area (Å²) in [5, 5.41) is 6.03. The van der Waals surface area contributed by atoms with Gasteiger partial charge in [0.25, 0.3) is 5.91 Å². The Kier molecular flexibility index (Phi) is 6.01. The second-order valence-corrected chi connectivity index (χ2v) is 8.14. The van der Waals surface area contributed by atoms with E-state index in [0.717, 1.165) is 37.4 Å². The minimum absolute atomic E-state index is 0.0280. The minimum atomic E-state index is -0.282. The van der Waals surface area contributed by atoms with Crippen molar-refractivity contribution >= 4 is 17.2 Å². The number of amides is 1. The number of aryl methyl sites for hydroxylation is 2. The molecule has 3 heterocycles. The summed E-state index contributed by atoms with van der Waals surface area (Å²) in [6.07, 6.45) is 1.67. The summed E-state index contributed by atoms with van der Waals surface area (Å²) in [6.45, 7) is 5.62. The summed E-state index contributed by atoms with van der Waals surface area (Å²) >= 11 is 1.59. The Morgan fingerprint density at radius 1 is 1.24 bits per heavy atom. The summed E-state index contributed by atoms with van der Waals surface area (Å²) in [5.74, 6) is 1.00. The van der Waals surface area contributed by atoms with E-state index in [2.05, 4.69) is 15.0 Å². The molecule has 0 N–H and O–H groups in total. The van der Waals surface area contributed by atoms with Gasteiger partial charge >= 0.3 is 0 Å². The van der Waals surface area contributed by atoms with Crippen LogP contribution in [0.5, 0.6) is 0 Å². The van der Waals surface area contributed by atoms with E-state index in [9.17, 15) is 9.18 Å². The van der Waals surface area contributed by atoms with Crippen LogP contribution < -0.4 is 0 Å². The van der Waals surface area contributed by atoms with Gasteiger partial charge in [-0.1, -0.05) is 11.2 Å². The SMILES string of the molecule is Cc1cc(C(=O)N2CCN(CCCc3nc(-c4cccs4)no3)CC2)ccc1F. The first-order chi connectivity index (χ1) is 14.1. The lowest BCUT2D eigenvalue weighted by molar-refractivity contribution is 0.0635. The van der Waals surface area contributed by atoms with Crippen LogP contribution in [-0.2, 0) is 6.42 Å². The molecule has 0 radical (unpaired) electrons. The van der Waals surface area contributed by atoms with Crippen LogP contribution in [0.4, 0.5) is 4.39 Å². The molecular formula is C21H23FN4O2S. The standard InChI is InChI=1S/C21H23FN4O2S/c1-15-14-16(6-7-17(15)22)21(27)26-11-9-25(10-12-26)8-2-5-19-23-20(24-28-19)18-4-3-13-29-18/h3-4,6-7,13-14H,2,5,8-12H2,1H3. The second-order valence-electron chi connectivity index (χ2n) is 7.19. The van der Waals surface area contributed by atoms with Crippen molar-refractivity contribution in [3.8, 4) is 10.7 Å². The third-order valence-electron chi connectivity index (χ3n) is 5.14. The second kappa shape index (κ2) is 8.84. The number of hydrogen-bond acceptors (Lipinski definition) is 6. The average Bonchev–Trinajstić information content (AvgIpc) is 3.42. The van der Waals surface area contributed by atoms with Crippen molar-refractivity contribution in [1.82, 2.24) is 19.9 Å². The molecule has 8 heteroatoms. The van der Waals surface area contributed by atoms with Gasteiger partial charge in [-0.15, -0.1) is 11.3 Å². The zero-order valence-electron chi connectivity index (χ0n) is 16.3. The van der Waals surface area contributed by atoms with Crippen LogP contribution in [0, 0.1) is 12.7 Å². The molecule has 29 heavy (non-hydrogen) atoms. The fourth-order valence-electron chi connectivity index (χ4n) is 3.45. The molecule has 0 aliphatic carbocycles. The Morgan fingerprint density at radius 3 is 2.79 bits per heavy atom. The first kappa shape index (κ1) is 19.7. The van der Waals surface area contributed by atoms with E-state index < -0.39 is 0 Å². The molecule has 0 unspecified atom stereocenters. The Hall–Kier alpha value is -2.58. The van der Waals surface area contributed by atoms with Gasteiger partial charge in [0.05, 0.1) is 4.88 Å². The van der Waals surface area contributed by atoms with Crippen molar-refractivity contribution in [1.29, 1.82) is 0 Å². The molecule has 1 saturated heterocycles. The zero-order valence-corrected chi connectivity index (χ0v) is 17.1. The highest BCUT2D eigenvalue weighted by Crippen LogP contribution is 2.21. The maximum absolute atomic E-state index is 13.4.